The fourth-order valence-electron chi connectivity index (χ4n) is 1.37. The number of hydrogen-bond donors (Lipinski definition) is 2. The van der Waals surface area contributed by atoms with E-state index in [4.69, 9.17) is 4.74 Å². The molecule has 0 spiro atoms. The third kappa shape index (κ3) is 6.23. The van der Waals surface area contributed by atoms with Crippen LogP contribution in [0, 0.1) is 3.57 Å². The van der Waals surface area contributed by atoms with Crippen LogP contribution in [0.2, 0.25) is 0 Å². The second kappa shape index (κ2) is 6.92. The molecule has 0 saturated carbocycles. The van der Waals surface area contributed by atoms with Crippen molar-refractivity contribution in [2.75, 3.05) is 5.32 Å². The number of halogens is 1. The number of anilines is 1. The highest BCUT2D eigenvalue weighted by molar-refractivity contribution is 14.1. The molecule has 20 heavy (non-hydrogen) atoms. The summed E-state index contributed by atoms with van der Waals surface area (Å²) in [6.45, 7) is 6.91. The monoisotopic (exact) mass is 390 g/mol. The van der Waals surface area contributed by atoms with Gasteiger partial charge in [-0.2, -0.15) is 0 Å². The maximum atomic E-state index is 11.9. The Morgan fingerprint density at radius 2 is 1.95 bits per heavy atom. The van der Waals surface area contributed by atoms with E-state index in [1.54, 1.807) is 33.8 Å². The topological polar surface area (TPSA) is 67.4 Å². The molecule has 1 atom stereocenters. The maximum Gasteiger partial charge on any atom is 0.408 e. The smallest absolute Gasteiger partial charge is 0.408 e. The Hall–Kier alpha value is -1.31. The first kappa shape index (κ1) is 16.7. The number of carbonyl (C=O) groups excluding carboxylic acids is 2. The van der Waals surface area contributed by atoms with Gasteiger partial charge in [0.1, 0.15) is 11.6 Å². The van der Waals surface area contributed by atoms with Crippen molar-refractivity contribution < 1.29 is 14.3 Å². The molecular weight excluding hydrogens is 371 g/mol. The lowest BCUT2D eigenvalue weighted by atomic mass is 10.2. The second-order valence-electron chi connectivity index (χ2n) is 5.37. The molecule has 2 N–H and O–H groups in total. The molecule has 0 aromatic heterocycles. The quantitative estimate of drug-likeness (QED) is 0.780. The minimum atomic E-state index is -0.678. The third-order valence-electron chi connectivity index (χ3n) is 2.22. The van der Waals surface area contributed by atoms with Crippen LogP contribution >= 0.6 is 22.6 Å². The Balaban J connectivity index is 2.53. The largest absolute Gasteiger partial charge is 0.444 e. The first-order valence-corrected chi connectivity index (χ1v) is 7.31. The summed E-state index contributed by atoms with van der Waals surface area (Å²) >= 11 is 2.16. The summed E-state index contributed by atoms with van der Waals surface area (Å²) in [6.07, 6.45) is -0.609. The van der Waals surface area contributed by atoms with Gasteiger partial charge < -0.3 is 15.4 Å². The van der Waals surface area contributed by atoms with Crippen LogP contribution in [0.15, 0.2) is 24.3 Å². The van der Waals surface area contributed by atoms with E-state index >= 15 is 0 Å². The van der Waals surface area contributed by atoms with E-state index in [0.717, 1.165) is 3.57 Å². The molecule has 1 rings (SSSR count). The predicted molar refractivity (Wildman–Crippen MR) is 86.6 cm³/mol. The summed E-state index contributed by atoms with van der Waals surface area (Å²) in [5, 5.41) is 5.23. The van der Waals surface area contributed by atoms with Crippen LogP contribution in [0.25, 0.3) is 0 Å². The van der Waals surface area contributed by atoms with Crippen molar-refractivity contribution in [2.45, 2.75) is 39.3 Å². The molecule has 0 heterocycles. The van der Waals surface area contributed by atoms with Gasteiger partial charge in [-0.15, -0.1) is 0 Å². The van der Waals surface area contributed by atoms with Gasteiger partial charge in [-0.3, -0.25) is 4.79 Å². The number of hydrogen-bond acceptors (Lipinski definition) is 3. The molecule has 0 unspecified atom stereocenters. The number of amides is 2. The minimum Gasteiger partial charge on any atom is -0.444 e. The van der Waals surface area contributed by atoms with Crippen molar-refractivity contribution in [2.24, 2.45) is 0 Å². The van der Waals surface area contributed by atoms with Crippen LogP contribution in [-0.4, -0.2) is 23.6 Å². The molecule has 5 nitrogen and oxygen atoms in total. The normalized spacial score (nSPS) is 12.4. The van der Waals surface area contributed by atoms with Gasteiger partial charge in [0.25, 0.3) is 0 Å². The Morgan fingerprint density at radius 1 is 1.30 bits per heavy atom. The molecule has 6 heteroatoms. The summed E-state index contributed by atoms with van der Waals surface area (Å²) in [4.78, 5) is 23.5. The van der Waals surface area contributed by atoms with E-state index in [0.29, 0.717) is 5.69 Å². The van der Waals surface area contributed by atoms with Gasteiger partial charge in [-0.25, -0.2) is 4.79 Å². The number of ether oxygens (including phenoxy) is 1. The fraction of sp³-hybridized carbons (Fsp3) is 0.429. The average molecular weight is 390 g/mol. The van der Waals surface area contributed by atoms with Crippen molar-refractivity contribution in [1.29, 1.82) is 0 Å². The highest BCUT2D eigenvalue weighted by Gasteiger charge is 2.20. The highest BCUT2D eigenvalue weighted by Crippen LogP contribution is 2.12. The van der Waals surface area contributed by atoms with E-state index in [1.165, 1.54) is 0 Å². The molecule has 110 valence electrons. The molecule has 1 aromatic carbocycles. The van der Waals surface area contributed by atoms with Crippen LogP contribution in [0.5, 0.6) is 0 Å². The standard InChI is InChI=1S/C14H19IN2O3/c1-9(16-13(19)20-14(2,3)4)12(18)17-11-7-5-6-10(15)8-11/h5-9H,1-4H3,(H,16,19)(H,17,18)/t9-/m1/s1. The SMILES string of the molecule is C[C@@H](NC(=O)OC(C)(C)C)C(=O)Nc1cccc(I)c1. The maximum absolute atomic E-state index is 11.9. The van der Waals surface area contributed by atoms with E-state index in [2.05, 4.69) is 33.2 Å². The van der Waals surface area contributed by atoms with Crippen molar-refractivity contribution in [1.82, 2.24) is 5.32 Å². The van der Waals surface area contributed by atoms with Crippen LogP contribution in [0.3, 0.4) is 0 Å². The lowest BCUT2D eigenvalue weighted by Gasteiger charge is -2.21. The molecule has 0 bridgehead atoms. The van der Waals surface area contributed by atoms with Crippen LogP contribution in [0.1, 0.15) is 27.7 Å². The van der Waals surface area contributed by atoms with Crippen molar-refractivity contribution in [3.05, 3.63) is 27.8 Å². The van der Waals surface area contributed by atoms with E-state index < -0.39 is 17.7 Å². The number of carbonyl (C=O) groups is 2. The van der Waals surface area contributed by atoms with Gasteiger partial charge in [0, 0.05) is 9.26 Å². The van der Waals surface area contributed by atoms with E-state index in [9.17, 15) is 9.59 Å². The Kier molecular flexibility index (Phi) is 5.79. The molecule has 1 aromatic rings. The molecule has 0 radical (unpaired) electrons. The van der Waals surface area contributed by atoms with Crippen molar-refractivity contribution >= 4 is 40.3 Å². The van der Waals surface area contributed by atoms with Crippen molar-refractivity contribution in [3.8, 4) is 0 Å². The molecule has 0 fully saturated rings. The van der Waals surface area contributed by atoms with Gasteiger partial charge in [-0.1, -0.05) is 6.07 Å². The second-order valence-corrected chi connectivity index (χ2v) is 6.61. The first-order valence-electron chi connectivity index (χ1n) is 6.23. The molecule has 0 aliphatic heterocycles. The number of benzene rings is 1. The molecule has 0 aliphatic carbocycles. The summed E-state index contributed by atoms with van der Waals surface area (Å²) in [6, 6.07) is 6.74. The Labute approximate surface area is 132 Å². The zero-order valence-corrected chi connectivity index (χ0v) is 14.1. The number of alkyl carbamates (subject to hydrolysis) is 1. The Morgan fingerprint density at radius 3 is 2.50 bits per heavy atom. The third-order valence-corrected chi connectivity index (χ3v) is 2.89. The van der Waals surface area contributed by atoms with E-state index in [1.807, 2.05) is 18.2 Å². The molecular formula is C14H19IN2O3. The summed E-state index contributed by atoms with van der Waals surface area (Å²) in [7, 11) is 0. The van der Waals surface area contributed by atoms with Crippen LogP contribution < -0.4 is 10.6 Å². The summed E-state index contributed by atoms with van der Waals surface area (Å²) in [5.41, 5.74) is 0.107. The zero-order chi connectivity index (χ0) is 15.3. The first-order chi connectivity index (χ1) is 9.17. The molecule has 2 amide bonds. The minimum absolute atomic E-state index is 0.294. The van der Waals surface area contributed by atoms with Crippen LogP contribution in [0.4, 0.5) is 10.5 Å². The lowest BCUT2D eigenvalue weighted by molar-refractivity contribution is -0.117. The number of rotatable bonds is 3. The van der Waals surface area contributed by atoms with Crippen molar-refractivity contribution in [3.63, 3.8) is 0 Å². The summed E-state index contributed by atoms with van der Waals surface area (Å²) in [5.74, 6) is -0.294. The zero-order valence-electron chi connectivity index (χ0n) is 12.0. The highest BCUT2D eigenvalue weighted by atomic mass is 127. The van der Waals surface area contributed by atoms with E-state index in [-0.39, 0.29) is 5.91 Å². The van der Waals surface area contributed by atoms with Gasteiger partial charge in [0.05, 0.1) is 0 Å². The molecule has 0 saturated heterocycles. The fourth-order valence-corrected chi connectivity index (χ4v) is 1.91. The van der Waals surface area contributed by atoms with Gasteiger partial charge in [0.15, 0.2) is 0 Å². The van der Waals surface area contributed by atoms with Gasteiger partial charge >= 0.3 is 6.09 Å². The predicted octanol–water partition coefficient (Wildman–Crippen LogP) is 3.14. The van der Waals surface area contributed by atoms with Gasteiger partial charge in [-0.05, 0) is 68.5 Å². The lowest BCUT2D eigenvalue weighted by Crippen LogP contribution is -2.43. The molecule has 0 aliphatic rings. The Bertz CT molecular complexity index is 497. The summed E-state index contributed by atoms with van der Waals surface area (Å²) < 4.78 is 6.12. The van der Waals surface area contributed by atoms with Crippen LogP contribution in [-0.2, 0) is 9.53 Å². The number of nitrogens with one attached hydrogen (secondary N) is 2. The average Bonchev–Trinajstić information content (AvgIpc) is 2.25. The van der Waals surface area contributed by atoms with Gasteiger partial charge in [0.2, 0.25) is 5.91 Å².